The van der Waals surface area contributed by atoms with Gasteiger partial charge in [-0.3, -0.25) is 9.69 Å². The fourth-order valence-electron chi connectivity index (χ4n) is 3.87. The van der Waals surface area contributed by atoms with Crippen LogP contribution in [0.1, 0.15) is 19.3 Å². The van der Waals surface area contributed by atoms with Gasteiger partial charge in [-0.2, -0.15) is 0 Å². The van der Waals surface area contributed by atoms with Crippen LogP contribution in [0.15, 0.2) is 60.9 Å². The number of hydrogen-bond acceptors (Lipinski definition) is 6. The Balaban J connectivity index is 1.43. The maximum absolute atomic E-state index is 12.6. The van der Waals surface area contributed by atoms with E-state index < -0.39 is 12.1 Å². The third-order valence-electron chi connectivity index (χ3n) is 5.53. The summed E-state index contributed by atoms with van der Waals surface area (Å²) in [6.45, 7) is 0.381. The molecule has 170 valence electrons. The van der Waals surface area contributed by atoms with E-state index in [1.807, 2.05) is 42.5 Å². The first-order valence-corrected chi connectivity index (χ1v) is 10.7. The minimum absolute atomic E-state index is 0.310. The summed E-state index contributed by atoms with van der Waals surface area (Å²) in [6.07, 6.45) is 2.56. The Kier molecular flexibility index (Phi) is 6.68. The van der Waals surface area contributed by atoms with E-state index in [1.54, 1.807) is 19.2 Å². The van der Waals surface area contributed by atoms with Crippen molar-refractivity contribution in [3.05, 3.63) is 60.9 Å². The molecule has 33 heavy (non-hydrogen) atoms. The van der Waals surface area contributed by atoms with E-state index in [0.29, 0.717) is 24.5 Å². The van der Waals surface area contributed by atoms with Crippen molar-refractivity contribution in [3.8, 4) is 17.0 Å². The second-order valence-electron chi connectivity index (χ2n) is 7.67. The van der Waals surface area contributed by atoms with Gasteiger partial charge in [-0.1, -0.05) is 12.1 Å². The molecule has 4 rings (SSSR count). The fourth-order valence-corrected chi connectivity index (χ4v) is 3.87. The standard InChI is InChI=1S/C24H25N5O4/c1-33-21-8-3-2-6-18(21)19-14-22(26-15-25-19)27-16-9-11-17(12-10-16)28-23(30)20-7-4-5-13-29(20)24(31)32/h2-3,6,8-12,14-15,20H,4-5,7,13H2,1H3,(H,28,30)(H,31,32)(H,25,26,27)/t20-/m0/s1. The van der Waals surface area contributed by atoms with Gasteiger partial charge < -0.3 is 20.5 Å². The van der Waals surface area contributed by atoms with E-state index in [1.165, 1.54) is 11.2 Å². The maximum atomic E-state index is 12.6. The van der Waals surface area contributed by atoms with Crippen molar-refractivity contribution in [1.29, 1.82) is 0 Å². The SMILES string of the molecule is COc1ccccc1-c1cc(Nc2ccc(NC(=O)[C@@H]3CCCCN3C(=O)O)cc2)ncn1. The number of amides is 2. The summed E-state index contributed by atoms with van der Waals surface area (Å²) in [6, 6.07) is 15.9. The summed E-state index contributed by atoms with van der Waals surface area (Å²) in [5.74, 6) is 1.03. The number of aromatic nitrogens is 2. The number of hydrogen-bond donors (Lipinski definition) is 3. The van der Waals surface area contributed by atoms with Gasteiger partial charge in [-0.15, -0.1) is 0 Å². The van der Waals surface area contributed by atoms with Gasteiger partial charge in [0, 0.05) is 29.5 Å². The van der Waals surface area contributed by atoms with Crippen LogP contribution < -0.4 is 15.4 Å². The number of piperidine rings is 1. The van der Waals surface area contributed by atoms with Crippen molar-refractivity contribution in [2.75, 3.05) is 24.3 Å². The average molecular weight is 447 g/mol. The van der Waals surface area contributed by atoms with Crippen LogP contribution in [0.4, 0.5) is 22.0 Å². The minimum Gasteiger partial charge on any atom is -0.496 e. The second-order valence-corrected chi connectivity index (χ2v) is 7.67. The molecular formula is C24H25N5O4. The molecule has 1 atom stereocenters. The van der Waals surface area contributed by atoms with Crippen LogP contribution in [0.25, 0.3) is 11.3 Å². The fraction of sp³-hybridized carbons (Fsp3) is 0.250. The van der Waals surface area contributed by atoms with Gasteiger partial charge in [0.25, 0.3) is 0 Å². The molecule has 2 amide bonds. The van der Waals surface area contributed by atoms with Crippen LogP contribution in [0.5, 0.6) is 5.75 Å². The van der Waals surface area contributed by atoms with Crippen molar-refractivity contribution in [3.63, 3.8) is 0 Å². The molecule has 0 saturated carbocycles. The van der Waals surface area contributed by atoms with Crippen molar-refractivity contribution >= 4 is 29.2 Å². The third-order valence-corrected chi connectivity index (χ3v) is 5.53. The molecule has 2 aromatic carbocycles. The summed E-state index contributed by atoms with van der Waals surface area (Å²) >= 11 is 0. The number of likely N-dealkylation sites (tertiary alicyclic amines) is 1. The summed E-state index contributed by atoms with van der Waals surface area (Å²) in [4.78, 5) is 33.9. The number of ether oxygens (including phenoxy) is 1. The van der Waals surface area contributed by atoms with Crippen molar-refractivity contribution in [1.82, 2.24) is 14.9 Å². The first-order chi connectivity index (χ1) is 16.0. The quantitative estimate of drug-likeness (QED) is 0.514. The molecular weight excluding hydrogens is 422 g/mol. The van der Waals surface area contributed by atoms with Gasteiger partial charge in [-0.25, -0.2) is 14.8 Å². The number of para-hydroxylation sites is 1. The summed E-state index contributed by atoms with van der Waals surface area (Å²) in [5.41, 5.74) is 2.97. The van der Waals surface area contributed by atoms with Gasteiger partial charge in [0.2, 0.25) is 5.91 Å². The highest BCUT2D eigenvalue weighted by Gasteiger charge is 2.31. The molecule has 0 spiro atoms. The first kappa shape index (κ1) is 22.1. The Morgan fingerprint density at radius 1 is 1.06 bits per heavy atom. The van der Waals surface area contributed by atoms with Crippen LogP contribution >= 0.6 is 0 Å². The molecule has 0 aliphatic carbocycles. The largest absolute Gasteiger partial charge is 0.496 e. The summed E-state index contributed by atoms with van der Waals surface area (Å²) in [5, 5.41) is 15.4. The Hall–Kier alpha value is -4.14. The lowest BCUT2D eigenvalue weighted by Crippen LogP contribution is -2.49. The zero-order chi connectivity index (χ0) is 23.2. The lowest BCUT2D eigenvalue weighted by Gasteiger charge is -2.32. The molecule has 3 aromatic rings. The van der Waals surface area contributed by atoms with E-state index >= 15 is 0 Å². The van der Waals surface area contributed by atoms with E-state index in [2.05, 4.69) is 20.6 Å². The molecule has 1 aliphatic heterocycles. The topological polar surface area (TPSA) is 117 Å². The van der Waals surface area contributed by atoms with Crippen LogP contribution in [0.2, 0.25) is 0 Å². The smallest absolute Gasteiger partial charge is 0.407 e. The van der Waals surface area contributed by atoms with Gasteiger partial charge in [-0.05, 0) is 55.7 Å². The Bertz CT molecular complexity index is 1140. The monoisotopic (exact) mass is 447 g/mol. The summed E-state index contributed by atoms with van der Waals surface area (Å²) in [7, 11) is 1.62. The van der Waals surface area contributed by atoms with Gasteiger partial charge in [0.05, 0.1) is 12.8 Å². The highest BCUT2D eigenvalue weighted by molar-refractivity contribution is 5.96. The van der Waals surface area contributed by atoms with Crippen LogP contribution in [0.3, 0.4) is 0 Å². The van der Waals surface area contributed by atoms with Gasteiger partial charge in [0.15, 0.2) is 0 Å². The van der Waals surface area contributed by atoms with Crippen LogP contribution in [-0.2, 0) is 4.79 Å². The lowest BCUT2D eigenvalue weighted by molar-refractivity contribution is -0.121. The van der Waals surface area contributed by atoms with Crippen LogP contribution in [0, 0.1) is 0 Å². The Morgan fingerprint density at radius 2 is 1.82 bits per heavy atom. The number of methoxy groups -OCH3 is 1. The molecule has 9 heteroatoms. The normalized spacial score (nSPS) is 15.5. The van der Waals surface area contributed by atoms with Gasteiger partial charge in [0.1, 0.15) is 23.9 Å². The molecule has 1 fully saturated rings. The van der Waals surface area contributed by atoms with E-state index in [-0.39, 0.29) is 5.91 Å². The number of carboxylic acid groups (broad SMARTS) is 1. The zero-order valence-corrected chi connectivity index (χ0v) is 18.2. The highest BCUT2D eigenvalue weighted by atomic mass is 16.5. The molecule has 3 N–H and O–H groups in total. The molecule has 1 aromatic heterocycles. The van der Waals surface area contributed by atoms with Crippen LogP contribution in [-0.4, -0.2) is 51.7 Å². The number of rotatable bonds is 6. The Labute approximate surface area is 191 Å². The molecule has 9 nitrogen and oxygen atoms in total. The third kappa shape index (κ3) is 5.20. The number of nitrogens with zero attached hydrogens (tertiary/aromatic N) is 3. The molecule has 2 heterocycles. The van der Waals surface area contributed by atoms with Gasteiger partial charge >= 0.3 is 6.09 Å². The minimum atomic E-state index is -1.06. The number of nitrogens with one attached hydrogen (secondary N) is 2. The predicted molar refractivity (Wildman–Crippen MR) is 125 cm³/mol. The molecule has 0 radical (unpaired) electrons. The molecule has 0 bridgehead atoms. The predicted octanol–water partition coefficient (Wildman–Crippen LogP) is 4.37. The van der Waals surface area contributed by atoms with E-state index in [9.17, 15) is 14.7 Å². The maximum Gasteiger partial charge on any atom is 0.407 e. The molecule has 0 unspecified atom stereocenters. The van der Waals surface area contributed by atoms with E-state index in [4.69, 9.17) is 4.74 Å². The molecule has 1 aliphatic rings. The number of anilines is 3. The van der Waals surface area contributed by atoms with Crippen molar-refractivity contribution < 1.29 is 19.4 Å². The highest BCUT2D eigenvalue weighted by Crippen LogP contribution is 2.29. The number of carbonyl (C=O) groups is 2. The lowest BCUT2D eigenvalue weighted by atomic mass is 10.0. The zero-order valence-electron chi connectivity index (χ0n) is 18.2. The average Bonchev–Trinajstić information content (AvgIpc) is 2.85. The van der Waals surface area contributed by atoms with Crippen molar-refractivity contribution in [2.24, 2.45) is 0 Å². The number of benzene rings is 2. The molecule has 1 saturated heterocycles. The van der Waals surface area contributed by atoms with Crippen molar-refractivity contribution in [2.45, 2.75) is 25.3 Å². The second kappa shape index (κ2) is 9.99. The summed E-state index contributed by atoms with van der Waals surface area (Å²) < 4.78 is 5.42. The first-order valence-electron chi connectivity index (χ1n) is 10.7. The Morgan fingerprint density at radius 3 is 2.58 bits per heavy atom. The van der Waals surface area contributed by atoms with E-state index in [0.717, 1.165) is 35.5 Å². The number of carbonyl (C=O) groups excluding carboxylic acids is 1.